The highest BCUT2D eigenvalue weighted by Gasteiger charge is 2.11. The number of amides is 1. The lowest BCUT2D eigenvalue weighted by Gasteiger charge is -2.16. The third kappa shape index (κ3) is 4.24. The van der Waals surface area contributed by atoms with Gasteiger partial charge in [0.1, 0.15) is 12.4 Å². The van der Waals surface area contributed by atoms with Crippen molar-refractivity contribution in [3.05, 3.63) is 79.8 Å². The molecule has 0 spiro atoms. The minimum absolute atomic E-state index is 0.177. The number of ether oxygens (including phenoxy) is 1. The normalized spacial score (nSPS) is 13.1. The number of fused-ring (bicyclic) bond motifs is 1. The van der Waals surface area contributed by atoms with Gasteiger partial charge in [0, 0.05) is 34.5 Å². The predicted molar refractivity (Wildman–Crippen MR) is 102 cm³/mol. The smallest absolute Gasteiger partial charge is 0.253 e. The molecule has 2 N–H and O–H groups in total. The zero-order valence-electron chi connectivity index (χ0n) is 14.6. The highest BCUT2D eigenvalue weighted by Crippen LogP contribution is 2.29. The second-order valence-electron chi connectivity index (χ2n) is 6.18. The Kier molecular flexibility index (Phi) is 5.28. The highest BCUT2D eigenvalue weighted by atomic mass is 35.5. The molecule has 1 aliphatic rings. The standard InChI is InChI=1S/C20H19ClN2O3/c1-12-7-13(2)23-20(25)17(12)10-22-19(24)6-3-14-8-15-9-16(21)4-5-18(15)26-11-14/h3-9H,10-11H2,1-2H3,(H,22,24)(H,23,25)/b6-3+. The molecule has 5 nitrogen and oxygen atoms in total. The summed E-state index contributed by atoms with van der Waals surface area (Å²) in [5, 5.41) is 3.36. The van der Waals surface area contributed by atoms with Crippen LogP contribution in [0.25, 0.3) is 6.08 Å². The fourth-order valence-electron chi connectivity index (χ4n) is 2.78. The van der Waals surface area contributed by atoms with Gasteiger partial charge in [0.2, 0.25) is 5.91 Å². The van der Waals surface area contributed by atoms with E-state index >= 15 is 0 Å². The van der Waals surface area contributed by atoms with E-state index in [1.54, 1.807) is 12.1 Å². The van der Waals surface area contributed by atoms with Crippen LogP contribution >= 0.6 is 11.6 Å². The van der Waals surface area contributed by atoms with Gasteiger partial charge < -0.3 is 15.0 Å². The molecule has 2 heterocycles. The van der Waals surface area contributed by atoms with Crippen LogP contribution in [-0.4, -0.2) is 17.5 Å². The van der Waals surface area contributed by atoms with Crippen molar-refractivity contribution >= 4 is 23.6 Å². The number of rotatable bonds is 4. The molecule has 3 rings (SSSR count). The van der Waals surface area contributed by atoms with Crippen molar-refractivity contribution < 1.29 is 9.53 Å². The SMILES string of the molecule is Cc1cc(C)c(CNC(=O)/C=C/C2=Cc3cc(Cl)ccc3OC2)c(=O)[nH]1. The highest BCUT2D eigenvalue weighted by molar-refractivity contribution is 6.30. The summed E-state index contributed by atoms with van der Waals surface area (Å²) in [4.78, 5) is 26.8. The van der Waals surface area contributed by atoms with Gasteiger partial charge >= 0.3 is 0 Å². The summed E-state index contributed by atoms with van der Waals surface area (Å²) in [6.07, 6.45) is 5.07. The number of hydrogen-bond acceptors (Lipinski definition) is 3. The van der Waals surface area contributed by atoms with Crippen LogP contribution in [0.3, 0.4) is 0 Å². The molecule has 6 heteroatoms. The molecular formula is C20H19ClN2O3. The summed E-state index contributed by atoms with van der Waals surface area (Å²) < 4.78 is 5.64. The number of aryl methyl sites for hydroxylation is 2. The van der Waals surface area contributed by atoms with Gasteiger partial charge in [0.05, 0.1) is 0 Å². The average Bonchev–Trinajstić information content (AvgIpc) is 2.58. The van der Waals surface area contributed by atoms with E-state index in [-0.39, 0.29) is 18.0 Å². The van der Waals surface area contributed by atoms with E-state index in [1.165, 1.54) is 6.08 Å². The molecule has 2 aromatic rings. The third-order valence-corrected chi connectivity index (χ3v) is 4.32. The summed E-state index contributed by atoms with van der Waals surface area (Å²) in [7, 11) is 0. The second kappa shape index (κ2) is 7.62. The molecule has 1 aromatic carbocycles. The Balaban J connectivity index is 1.65. The monoisotopic (exact) mass is 370 g/mol. The quantitative estimate of drug-likeness (QED) is 0.811. The number of nitrogens with one attached hydrogen (secondary N) is 2. The summed E-state index contributed by atoms with van der Waals surface area (Å²) in [5.74, 6) is 0.493. The van der Waals surface area contributed by atoms with Crippen molar-refractivity contribution in [2.24, 2.45) is 0 Å². The van der Waals surface area contributed by atoms with Crippen LogP contribution in [0, 0.1) is 13.8 Å². The predicted octanol–water partition coefficient (Wildman–Crippen LogP) is 3.29. The van der Waals surface area contributed by atoms with E-state index in [2.05, 4.69) is 10.3 Å². The number of aromatic nitrogens is 1. The molecular weight excluding hydrogens is 352 g/mol. The lowest BCUT2D eigenvalue weighted by molar-refractivity contribution is -0.116. The fraction of sp³-hybridized carbons (Fsp3) is 0.200. The Hall–Kier alpha value is -2.79. The van der Waals surface area contributed by atoms with Crippen LogP contribution in [0.15, 0.2) is 46.8 Å². The van der Waals surface area contributed by atoms with Crippen molar-refractivity contribution in [1.82, 2.24) is 10.3 Å². The Morgan fingerprint density at radius 3 is 2.92 bits per heavy atom. The number of halogens is 1. The average molecular weight is 371 g/mol. The van der Waals surface area contributed by atoms with Crippen molar-refractivity contribution in [2.45, 2.75) is 20.4 Å². The minimum atomic E-state index is -0.276. The number of benzene rings is 1. The van der Waals surface area contributed by atoms with Gasteiger partial charge in [-0.15, -0.1) is 0 Å². The first-order valence-corrected chi connectivity index (χ1v) is 8.58. The number of H-pyrrole nitrogens is 1. The van der Waals surface area contributed by atoms with E-state index in [4.69, 9.17) is 16.3 Å². The van der Waals surface area contributed by atoms with E-state index in [1.807, 2.05) is 38.1 Å². The van der Waals surface area contributed by atoms with Gasteiger partial charge in [-0.3, -0.25) is 9.59 Å². The third-order valence-electron chi connectivity index (χ3n) is 4.09. The number of carbonyl (C=O) groups is 1. The first-order chi connectivity index (χ1) is 12.4. The van der Waals surface area contributed by atoms with Crippen molar-refractivity contribution in [2.75, 3.05) is 6.61 Å². The van der Waals surface area contributed by atoms with Crippen LogP contribution < -0.4 is 15.6 Å². The Morgan fingerprint density at radius 1 is 1.35 bits per heavy atom. The molecule has 0 radical (unpaired) electrons. The summed E-state index contributed by atoms with van der Waals surface area (Å²) >= 11 is 5.99. The largest absolute Gasteiger partial charge is 0.488 e. The maximum absolute atomic E-state index is 12.0. The summed E-state index contributed by atoms with van der Waals surface area (Å²) in [6, 6.07) is 7.29. The van der Waals surface area contributed by atoms with Gasteiger partial charge in [-0.1, -0.05) is 17.7 Å². The summed E-state index contributed by atoms with van der Waals surface area (Å²) in [5.41, 5.74) is 3.77. The molecule has 0 unspecified atom stereocenters. The van der Waals surface area contributed by atoms with Crippen LogP contribution in [0.4, 0.5) is 0 Å². The number of hydrogen-bond donors (Lipinski definition) is 2. The molecule has 26 heavy (non-hydrogen) atoms. The fourth-order valence-corrected chi connectivity index (χ4v) is 2.96. The Bertz CT molecular complexity index is 974. The minimum Gasteiger partial charge on any atom is -0.488 e. The maximum Gasteiger partial charge on any atom is 0.253 e. The molecule has 134 valence electrons. The molecule has 1 amide bonds. The lowest BCUT2D eigenvalue weighted by Crippen LogP contribution is -2.26. The van der Waals surface area contributed by atoms with E-state index in [9.17, 15) is 9.59 Å². The molecule has 0 atom stereocenters. The number of pyridine rings is 1. The van der Waals surface area contributed by atoms with Gasteiger partial charge in [0.15, 0.2) is 0 Å². The van der Waals surface area contributed by atoms with E-state index < -0.39 is 0 Å². The number of aromatic amines is 1. The van der Waals surface area contributed by atoms with Gasteiger partial charge in [-0.2, -0.15) is 0 Å². The Labute approximate surface area is 156 Å². The zero-order chi connectivity index (χ0) is 18.7. The van der Waals surface area contributed by atoms with Crippen LogP contribution in [0.5, 0.6) is 5.75 Å². The second-order valence-corrected chi connectivity index (χ2v) is 6.62. The van der Waals surface area contributed by atoms with Gasteiger partial charge in [0.25, 0.3) is 5.56 Å². The first-order valence-electron chi connectivity index (χ1n) is 8.20. The van der Waals surface area contributed by atoms with Crippen molar-refractivity contribution in [3.63, 3.8) is 0 Å². The van der Waals surface area contributed by atoms with Gasteiger partial charge in [-0.05, 0) is 55.3 Å². The molecule has 0 fully saturated rings. The topological polar surface area (TPSA) is 71.2 Å². The summed E-state index contributed by atoms with van der Waals surface area (Å²) in [6.45, 7) is 4.24. The molecule has 1 aromatic heterocycles. The molecule has 1 aliphatic heterocycles. The van der Waals surface area contributed by atoms with E-state index in [0.29, 0.717) is 17.2 Å². The zero-order valence-corrected chi connectivity index (χ0v) is 15.3. The van der Waals surface area contributed by atoms with Crippen molar-refractivity contribution in [1.29, 1.82) is 0 Å². The van der Waals surface area contributed by atoms with Crippen LogP contribution in [0.2, 0.25) is 5.02 Å². The van der Waals surface area contributed by atoms with E-state index in [0.717, 1.165) is 28.1 Å². The molecule has 0 aliphatic carbocycles. The Morgan fingerprint density at radius 2 is 2.15 bits per heavy atom. The number of carbonyl (C=O) groups excluding carboxylic acids is 1. The molecule has 0 saturated carbocycles. The lowest BCUT2D eigenvalue weighted by atomic mass is 10.1. The van der Waals surface area contributed by atoms with Crippen LogP contribution in [-0.2, 0) is 11.3 Å². The maximum atomic E-state index is 12.0. The first kappa shape index (κ1) is 18.0. The van der Waals surface area contributed by atoms with Crippen molar-refractivity contribution in [3.8, 4) is 5.75 Å². The van der Waals surface area contributed by atoms with Gasteiger partial charge in [-0.25, -0.2) is 0 Å². The van der Waals surface area contributed by atoms with Crippen LogP contribution in [0.1, 0.15) is 22.4 Å². The molecule has 0 saturated heterocycles. The molecule has 0 bridgehead atoms.